The number of hydrogen-bond acceptors (Lipinski definition) is 4. The van der Waals surface area contributed by atoms with Gasteiger partial charge < -0.3 is 4.74 Å². The van der Waals surface area contributed by atoms with Crippen LogP contribution in [0, 0.1) is 13.8 Å². The Bertz CT molecular complexity index is 958. The fourth-order valence-electron chi connectivity index (χ4n) is 2.49. The van der Waals surface area contributed by atoms with Gasteiger partial charge in [-0.05, 0) is 63.1 Å². The van der Waals surface area contributed by atoms with Crippen LogP contribution in [0.25, 0.3) is 0 Å². The van der Waals surface area contributed by atoms with Crippen LogP contribution in [0.2, 0.25) is 10.0 Å². The number of halogens is 2. The molecule has 0 aliphatic carbocycles. The zero-order chi connectivity index (χ0) is 20.4. The van der Waals surface area contributed by atoms with Crippen molar-refractivity contribution in [2.24, 2.45) is 0 Å². The number of esters is 1. The molecule has 146 valence electrons. The van der Waals surface area contributed by atoms with E-state index in [-0.39, 0.29) is 21.0 Å². The van der Waals surface area contributed by atoms with Gasteiger partial charge in [-0.15, -0.1) is 0 Å². The number of sulfonamides is 1. The predicted molar refractivity (Wildman–Crippen MR) is 108 cm³/mol. The van der Waals surface area contributed by atoms with E-state index in [0.29, 0.717) is 5.69 Å². The second-order valence-electron chi connectivity index (χ2n) is 6.35. The Labute approximate surface area is 169 Å². The van der Waals surface area contributed by atoms with E-state index in [4.69, 9.17) is 27.9 Å². The highest BCUT2D eigenvalue weighted by Crippen LogP contribution is 2.31. The van der Waals surface area contributed by atoms with Crippen LogP contribution < -0.4 is 4.31 Å². The molecular weight excluding hydrogens is 409 g/mol. The molecule has 2 aromatic carbocycles. The third-order valence-corrected chi connectivity index (χ3v) is 6.46. The van der Waals surface area contributed by atoms with Crippen LogP contribution in [0.15, 0.2) is 41.3 Å². The maximum absolute atomic E-state index is 13.3. The highest BCUT2D eigenvalue weighted by atomic mass is 35.5. The first-order chi connectivity index (χ1) is 12.5. The van der Waals surface area contributed by atoms with Crippen LogP contribution in [0.4, 0.5) is 5.69 Å². The van der Waals surface area contributed by atoms with E-state index in [1.54, 1.807) is 32.9 Å². The number of nitrogens with zero attached hydrogens (tertiary/aromatic N) is 1. The Kier molecular flexibility index (Phi) is 6.78. The minimum absolute atomic E-state index is 0.0600. The van der Waals surface area contributed by atoms with E-state index in [2.05, 4.69) is 0 Å². The van der Waals surface area contributed by atoms with Gasteiger partial charge >= 0.3 is 5.97 Å². The molecule has 2 aromatic rings. The number of aryl methyl sites for hydroxylation is 1. The number of carbonyl (C=O) groups excluding carboxylic acids is 1. The first kappa shape index (κ1) is 21.5. The minimum atomic E-state index is -4.07. The quantitative estimate of drug-likeness (QED) is 0.620. The molecule has 0 spiro atoms. The topological polar surface area (TPSA) is 63.7 Å². The summed E-state index contributed by atoms with van der Waals surface area (Å²) in [6, 6.07) is 9.29. The first-order valence-electron chi connectivity index (χ1n) is 8.27. The van der Waals surface area contributed by atoms with Crippen molar-refractivity contribution in [2.45, 2.75) is 38.7 Å². The number of carbonyl (C=O) groups is 1. The van der Waals surface area contributed by atoms with Gasteiger partial charge in [-0.1, -0.05) is 35.3 Å². The summed E-state index contributed by atoms with van der Waals surface area (Å²) in [5.74, 6) is -0.644. The molecule has 0 aliphatic heterocycles. The second kappa shape index (κ2) is 8.50. The van der Waals surface area contributed by atoms with Gasteiger partial charge in [-0.2, -0.15) is 0 Å². The summed E-state index contributed by atoms with van der Waals surface area (Å²) in [4.78, 5) is 12.2. The fourth-order valence-corrected chi connectivity index (χ4v) is 4.34. The predicted octanol–water partition coefficient (Wildman–Crippen LogP) is 4.76. The monoisotopic (exact) mass is 429 g/mol. The lowest BCUT2D eigenvalue weighted by Gasteiger charge is -2.26. The SMILES string of the molecule is Cc1cccc(N(CC(=O)OC(C)C)S(=O)(=O)c2ccc(Cl)c(Cl)c2)c1C. The molecule has 0 radical (unpaired) electrons. The van der Waals surface area contributed by atoms with Gasteiger partial charge in [0.25, 0.3) is 10.0 Å². The Hall–Kier alpha value is -1.76. The molecule has 0 bridgehead atoms. The van der Waals surface area contributed by atoms with Crippen LogP contribution in [-0.4, -0.2) is 27.0 Å². The summed E-state index contributed by atoms with van der Waals surface area (Å²) in [5, 5.41) is 0.358. The summed E-state index contributed by atoms with van der Waals surface area (Å²) in [6.45, 7) is 6.62. The third-order valence-electron chi connectivity index (χ3n) is 3.96. The lowest BCUT2D eigenvalue weighted by Crippen LogP contribution is -2.37. The van der Waals surface area contributed by atoms with E-state index >= 15 is 0 Å². The summed E-state index contributed by atoms with van der Waals surface area (Å²) in [7, 11) is -4.07. The third kappa shape index (κ3) is 4.94. The van der Waals surface area contributed by atoms with Gasteiger partial charge in [-0.25, -0.2) is 8.42 Å². The maximum Gasteiger partial charge on any atom is 0.327 e. The standard InChI is InChI=1S/C19H21Cl2NO4S/c1-12(2)26-19(23)11-22(18-7-5-6-13(3)14(18)4)27(24,25)15-8-9-16(20)17(21)10-15/h5-10,12H,11H2,1-4H3. The molecule has 8 heteroatoms. The molecule has 0 saturated carbocycles. The summed E-state index contributed by atoms with van der Waals surface area (Å²) in [6.07, 6.45) is -0.356. The fraction of sp³-hybridized carbons (Fsp3) is 0.316. The van der Waals surface area contributed by atoms with Gasteiger partial charge in [0.1, 0.15) is 6.54 Å². The Morgan fingerprint density at radius 3 is 2.37 bits per heavy atom. The summed E-state index contributed by atoms with van der Waals surface area (Å²) in [5.41, 5.74) is 2.05. The molecule has 2 rings (SSSR count). The van der Waals surface area contributed by atoms with Crippen LogP contribution >= 0.6 is 23.2 Å². The van der Waals surface area contributed by atoms with Crippen molar-refractivity contribution < 1.29 is 17.9 Å². The van der Waals surface area contributed by atoms with Crippen LogP contribution in [-0.2, 0) is 19.6 Å². The molecule has 0 amide bonds. The van der Waals surface area contributed by atoms with Crippen LogP contribution in [0.5, 0.6) is 0 Å². The maximum atomic E-state index is 13.3. The van der Waals surface area contributed by atoms with Crippen molar-refractivity contribution in [1.82, 2.24) is 0 Å². The van der Waals surface area contributed by atoms with Crippen molar-refractivity contribution in [1.29, 1.82) is 0 Å². The Balaban J connectivity index is 2.58. The second-order valence-corrected chi connectivity index (χ2v) is 9.02. The Morgan fingerprint density at radius 1 is 1.11 bits per heavy atom. The van der Waals surface area contributed by atoms with E-state index < -0.39 is 22.5 Å². The highest BCUT2D eigenvalue weighted by Gasteiger charge is 2.29. The van der Waals surface area contributed by atoms with E-state index in [0.717, 1.165) is 15.4 Å². The van der Waals surface area contributed by atoms with E-state index in [1.165, 1.54) is 18.2 Å². The number of rotatable bonds is 6. The van der Waals surface area contributed by atoms with Crippen LogP contribution in [0.3, 0.4) is 0 Å². The number of hydrogen-bond donors (Lipinski definition) is 0. The average Bonchev–Trinajstić information content (AvgIpc) is 2.57. The van der Waals surface area contributed by atoms with Gasteiger partial charge in [-0.3, -0.25) is 9.10 Å². The lowest BCUT2D eigenvalue weighted by molar-refractivity contribution is -0.145. The lowest BCUT2D eigenvalue weighted by atomic mass is 10.1. The molecule has 27 heavy (non-hydrogen) atoms. The molecule has 0 unspecified atom stereocenters. The first-order valence-corrected chi connectivity index (χ1v) is 10.5. The largest absolute Gasteiger partial charge is 0.462 e. The van der Waals surface area contributed by atoms with Crippen molar-refractivity contribution in [2.75, 3.05) is 10.8 Å². The zero-order valence-electron chi connectivity index (χ0n) is 15.5. The van der Waals surface area contributed by atoms with Crippen LogP contribution in [0.1, 0.15) is 25.0 Å². The van der Waals surface area contributed by atoms with Gasteiger partial charge in [0.05, 0.1) is 26.7 Å². The smallest absolute Gasteiger partial charge is 0.327 e. The molecule has 5 nitrogen and oxygen atoms in total. The van der Waals surface area contributed by atoms with Crippen molar-refractivity contribution in [3.8, 4) is 0 Å². The van der Waals surface area contributed by atoms with Crippen molar-refractivity contribution in [3.63, 3.8) is 0 Å². The molecule has 0 N–H and O–H groups in total. The normalized spacial score (nSPS) is 11.5. The number of ether oxygens (including phenoxy) is 1. The summed E-state index contributed by atoms with van der Waals surface area (Å²) < 4.78 is 32.8. The molecule has 0 atom stereocenters. The zero-order valence-corrected chi connectivity index (χ0v) is 17.8. The number of anilines is 1. The molecule has 0 heterocycles. The molecule has 0 saturated heterocycles. The average molecular weight is 430 g/mol. The van der Waals surface area contributed by atoms with E-state index in [1.807, 2.05) is 13.0 Å². The highest BCUT2D eigenvalue weighted by molar-refractivity contribution is 7.92. The number of benzene rings is 2. The van der Waals surface area contributed by atoms with Crippen molar-refractivity contribution in [3.05, 3.63) is 57.6 Å². The Morgan fingerprint density at radius 2 is 1.78 bits per heavy atom. The molecular formula is C19H21Cl2NO4S. The van der Waals surface area contributed by atoms with Gasteiger partial charge in [0.15, 0.2) is 0 Å². The van der Waals surface area contributed by atoms with Crippen molar-refractivity contribution >= 4 is 44.9 Å². The van der Waals surface area contributed by atoms with Gasteiger partial charge in [0.2, 0.25) is 0 Å². The minimum Gasteiger partial charge on any atom is -0.462 e. The molecule has 0 fully saturated rings. The molecule has 0 aliphatic rings. The summed E-state index contributed by atoms with van der Waals surface area (Å²) >= 11 is 11.9. The molecule has 0 aromatic heterocycles. The van der Waals surface area contributed by atoms with E-state index in [9.17, 15) is 13.2 Å². The van der Waals surface area contributed by atoms with Gasteiger partial charge in [0, 0.05) is 0 Å².